The molecule has 0 radical (unpaired) electrons. The molecule has 0 spiro atoms. The molecule has 1 atom stereocenters. The number of primary amides is 1. The summed E-state index contributed by atoms with van der Waals surface area (Å²) in [5.74, 6) is 0.443. The lowest BCUT2D eigenvalue weighted by Crippen LogP contribution is -2.49. The minimum absolute atomic E-state index is 0.477. The van der Waals surface area contributed by atoms with Gasteiger partial charge in [-0.05, 0) is 51.7 Å². The Bertz CT molecular complexity index is 444. The van der Waals surface area contributed by atoms with Crippen molar-refractivity contribution in [1.82, 2.24) is 0 Å². The highest BCUT2D eigenvalue weighted by atomic mass is 16.5. The van der Waals surface area contributed by atoms with Crippen LogP contribution in [0.3, 0.4) is 0 Å². The monoisotopic (exact) mass is 264 g/mol. The maximum Gasteiger partial charge on any atom is 0.237 e. The van der Waals surface area contributed by atoms with E-state index in [0.29, 0.717) is 19.4 Å². The maximum absolute atomic E-state index is 11.1. The fourth-order valence-corrected chi connectivity index (χ4v) is 2.13. The van der Waals surface area contributed by atoms with Gasteiger partial charge in [-0.3, -0.25) is 4.79 Å². The number of hydrogen-bond donors (Lipinski definition) is 2. The van der Waals surface area contributed by atoms with Crippen LogP contribution >= 0.6 is 0 Å². The van der Waals surface area contributed by atoms with Crippen LogP contribution < -0.4 is 16.2 Å². The molecule has 1 aromatic carbocycles. The van der Waals surface area contributed by atoms with Gasteiger partial charge in [0.2, 0.25) is 5.91 Å². The zero-order valence-electron chi connectivity index (χ0n) is 12.2. The first-order chi connectivity index (χ1) is 8.74. The van der Waals surface area contributed by atoms with Crippen molar-refractivity contribution in [2.75, 3.05) is 6.61 Å². The van der Waals surface area contributed by atoms with Crippen molar-refractivity contribution in [2.24, 2.45) is 11.5 Å². The van der Waals surface area contributed by atoms with E-state index in [1.807, 2.05) is 13.8 Å². The third-order valence-corrected chi connectivity index (χ3v) is 3.25. The van der Waals surface area contributed by atoms with Crippen molar-refractivity contribution in [2.45, 2.75) is 46.1 Å². The highest BCUT2D eigenvalue weighted by Gasteiger charge is 2.24. The van der Waals surface area contributed by atoms with Gasteiger partial charge in [0.25, 0.3) is 0 Å². The minimum Gasteiger partial charge on any atom is -0.493 e. The first kappa shape index (κ1) is 15.5. The summed E-state index contributed by atoms with van der Waals surface area (Å²) in [7, 11) is 0. The van der Waals surface area contributed by atoms with Crippen molar-refractivity contribution < 1.29 is 9.53 Å². The fraction of sp³-hybridized carbons (Fsp3) is 0.533. The minimum atomic E-state index is -0.958. The fourth-order valence-electron chi connectivity index (χ4n) is 2.13. The van der Waals surface area contributed by atoms with Crippen LogP contribution in [0.1, 0.15) is 36.5 Å². The van der Waals surface area contributed by atoms with Gasteiger partial charge in [0.15, 0.2) is 0 Å². The average molecular weight is 264 g/mol. The molecule has 1 aromatic rings. The first-order valence-corrected chi connectivity index (χ1v) is 6.53. The van der Waals surface area contributed by atoms with Crippen LogP contribution in [0, 0.1) is 20.8 Å². The molecule has 0 heterocycles. The molecule has 0 aromatic heterocycles. The van der Waals surface area contributed by atoms with E-state index in [9.17, 15) is 4.79 Å². The van der Waals surface area contributed by atoms with E-state index in [0.717, 1.165) is 16.9 Å². The second-order valence-corrected chi connectivity index (χ2v) is 5.46. The van der Waals surface area contributed by atoms with Crippen LogP contribution in [0.2, 0.25) is 0 Å². The van der Waals surface area contributed by atoms with Crippen LogP contribution in [0.25, 0.3) is 0 Å². The summed E-state index contributed by atoms with van der Waals surface area (Å²) >= 11 is 0. The summed E-state index contributed by atoms with van der Waals surface area (Å²) in [6.07, 6.45) is 1.22. The van der Waals surface area contributed by atoms with Crippen molar-refractivity contribution in [1.29, 1.82) is 0 Å². The Balaban J connectivity index is 2.53. The van der Waals surface area contributed by atoms with Crippen molar-refractivity contribution >= 4 is 5.91 Å². The molecule has 106 valence electrons. The zero-order valence-corrected chi connectivity index (χ0v) is 12.2. The van der Waals surface area contributed by atoms with E-state index in [1.54, 1.807) is 6.92 Å². The van der Waals surface area contributed by atoms with Crippen molar-refractivity contribution in [3.05, 3.63) is 28.8 Å². The number of rotatable bonds is 6. The molecule has 0 fully saturated rings. The smallest absolute Gasteiger partial charge is 0.237 e. The van der Waals surface area contributed by atoms with E-state index in [-0.39, 0.29) is 0 Å². The summed E-state index contributed by atoms with van der Waals surface area (Å²) in [5.41, 5.74) is 13.5. The Morgan fingerprint density at radius 2 is 1.79 bits per heavy atom. The molecule has 19 heavy (non-hydrogen) atoms. The number of aryl methyl sites for hydroxylation is 3. The standard InChI is InChI=1S/C15H24N2O2/c1-10-8-11(2)13(12(3)9-10)19-7-5-6-15(4,17)14(16)18/h8-9H,5-7,17H2,1-4H3,(H2,16,18). The molecular weight excluding hydrogens is 240 g/mol. The van der Waals surface area contributed by atoms with Crippen LogP contribution in [-0.2, 0) is 4.79 Å². The van der Waals surface area contributed by atoms with Gasteiger partial charge in [-0.15, -0.1) is 0 Å². The third-order valence-electron chi connectivity index (χ3n) is 3.25. The van der Waals surface area contributed by atoms with Crippen molar-refractivity contribution in [3.8, 4) is 5.75 Å². The van der Waals surface area contributed by atoms with Gasteiger partial charge in [0, 0.05) is 0 Å². The molecule has 0 saturated carbocycles. The summed E-state index contributed by atoms with van der Waals surface area (Å²) < 4.78 is 5.79. The Morgan fingerprint density at radius 3 is 2.26 bits per heavy atom. The number of hydrogen-bond acceptors (Lipinski definition) is 3. The van der Waals surface area contributed by atoms with Crippen LogP contribution in [0.5, 0.6) is 5.75 Å². The molecule has 0 aliphatic rings. The molecule has 0 aliphatic heterocycles. The molecular formula is C15H24N2O2. The van der Waals surface area contributed by atoms with Crippen LogP contribution in [0.15, 0.2) is 12.1 Å². The second-order valence-electron chi connectivity index (χ2n) is 5.46. The molecule has 0 aliphatic carbocycles. The van der Waals surface area contributed by atoms with E-state index < -0.39 is 11.4 Å². The van der Waals surface area contributed by atoms with Gasteiger partial charge in [-0.25, -0.2) is 0 Å². The maximum atomic E-state index is 11.1. The van der Waals surface area contributed by atoms with Crippen LogP contribution in [0.4, 0.5) is 0 Å². The zero-order chi connectivity index (χ0) is 14.6. The van der Waals surface area contributed by atoms with E-state index >= 15 is 0 Å². The lowest BCUT2D eigenvalue weighted by atomic mass is 9.97. The van der Waals surface area contributed by atoms with Gasteiger partial charge in [0.05, 0.1) is 12.1 Å². The van der Waals surface area contributed by atoms with Gasteiger partial charge in [-0.2, -0.15) is 0 Å². The van der Waals surface area contributed by atoms with Crippen molar-refractivity contribution in [3.63, 3.8) is 0 Å². The summed E-state index contributed by atoms with van der Waals surface area (Å²) in [6, 6.07) is 4.19. The molecule has 4 N–H and O–H groups in total. The molecule has 4 heteroatoms. The Labute approximate surface area is 115 Å². The number of nitrogens with two attached hydrogens (primary N) is 2. The Morgan fingerprint density at radius 1 is 1.26 bits per heavy atom. The largest absolute Gasteiger partial charge is 0.493 e. The van der Waals surface area contributed by atoms with E-state index in [1.165, 1.54) is 5.56 Å². The topological polar surface area (TPSA) is 78.3 Å². The predicted molar refractivity (Wildman–Crippen MR) is 77.2 cm³/mol. The van der Waals surface area contributed by atoms with Gasteiger partial charge in [0.1, 0.15) is 5.75 Å². The quantitative estimate of drug-likeness (QED) is 0.771. The van der Waals surface area contributed by atoms with Gasteiger partial charge in [-0.1, -0.05) is 17.7 Å². The Hall–Kier alpha value is -1.55. The summed E-state index contributed by atoms with van der Waals surface area (Å²) in [5, 5.41) is 0. The average Bonchev–Trinajstić information content (AvgIpc) is 2.26. The second kappa shape index (κ2) is 6.06. The highest BCUT2D eigenvalue weighted by Crippen LogP contribution is 2.24. The lowest BCUT2D eigenvalue weighted by molar-refractivity contribution is -0.122. The molecule has 1 amide bonds. The highest BCUT2D eigenvalue weighted by molar-refractivity contribution is 5.83. The van der Waals surface area contributed by atoms with Gasteiger partial charge >= 0.3 is 0 Å². The Kier molecular flexibility index (Phi) is 4.95. The third kappa shape index (κ3) is 4.24. The molecule has 1 rings (SSSR count). The van der Waals surface area contributed by atoms with E-state index in [2.05, 4.69) is 19.1 Å². The predicted octanol–water partition coefficient (Wildman–Crippen LogP) is 1.97. The number of amides is 1. The SMILES string of the molecule is Cc1cc(C)c(OCCCC(C)(N)C(N)=O)c(C)c1. The number of benzene rings is 1. The molecule has 0 saturated heterocycles. The van der Waals surface area contributed by atoms with E-state index in [4.69, 9.17) is 16.2 Å². The molecule has 1 unspecified atom stereocenters. The normalized spacial score (nSPS) is 13.9. The lowest BCUT2D eigenvalue weighted by Gasteiger charge is -2.20. The summed E-state index contributed by atoms with van der Waals surface area (Å²) in [4.78, 5) is 11.1. The summed E-state index contributed by atoms with van der Waals surface area (Å²) in [6.45, 7) is 8.32. The molecule has 0 bridgehead atoms. The number of ether oxygens (including phenoxy) is 1. The van der Waals surface area contributed by atoms with Crippen LogP contribution in [-0.4, -0.2) is 18.1 Å². The molecule has 4 nitrogen and oxygen atoms in total. The number of carbonyl (C=O) groups excluding carboxylic acids is 1. The number of carbonyl (C=O) groups is 1. The first-order valence-electron chi connectivity index (χ1n) is 6.53. The van der Waals surface area contributed by atoms with Gasteiger partial charge < -0.3 is 16.2 Å².